The van der Waals surface area contributed by atoms with Crippen molar-refractivity contribution < 1.29 is 14.2 Å². The second kappa shape index (κ2) is 9.10. The molecule has 0 saturated carbocycles. The van der Waals surface area contributed by atoms with E-state index in [9.17, 15) is 0 Å². The number of rotatable bonds is 7. The second-order valence-electron chi connectivity index (χ2n) is 6.81. The van der Waals surface area contributed by atoms with Crippen LogP contribution >= 0.6 is 11.6 Å². The molecule has 1 N–H and O–H groups in total. The van der Waals surface area contributed by atoms with Crippen LogP contribution in [0.15, 0.2) is 60.7 Å². The number of hydrogen-bond acceptors (Lipinski definition) is 6. The van der Waals surface area contributed by atoms with Crippen molar-refractivity contribution in [2.75, 3.05) is 26.6 Å². The van der Waals surface area contributed by atoms with E-state index in [0.29, 0.717) is 34.6 Å². The van der Waals surface area contributed by atoms with Crippen LogP contribution in [0.5, 0.6) is 17.2 Å². The highest BCUT2D eigenvalue weighted by Gasteiger charge is 2.17. The van der Waals surface area contributed by atoms with Crippen molar-refractivity contribution >= 4 is 28.3 Å². The van der Waals surface area contributed by atoms with E-state index in [1.807, 2.05) is 60.7 Å². The summed E-state index contributed by atoms with van der Waals surface area (Å²) in [5.41, 5.74) is 2.69. The van der Waals surface area contributed by atoms with Crippen molar-refractivity contribution in [2.24, 2.45) is 0 Å². The van der Waals surface area contributed by atoms with Crippen LogP contribution in [0.2, 0.25) is 5.02 Å². The van der Waals surface area contributed by atoms with E-state index < -0.39 is 0 Å². The molecule has 1 aromatic heterocycles. The molecule has 0 aliphatic carbocycles. The number of aromatic nitrogens is 2. The summed E-state index contributed by atoms with van der Waals surface area (Å²) in [5, 5.41) is 5.08. The average Bonchev–Trinajstić information content (AvgIpc) is 2.82. The Balaban J connectivity index is 1.78. The number of para-hydroxylation sites is 1. The van der Waals surface area contributed by atoms with E-state index in [4.69, 9.17) is 35.8 Å². The Kier molecular flexibility index (Phi) is 6.09. The van der Waals surface area contributed by atoms with Gasteiger partial charge in [0.1, 0.15) is 5.82 Å². The van der Waals surface area contributed by atoms with Crippen LogP contribution in [0.4, 0.5) is 5.82 Å². The SMILES string of the molecule is COc1cc(-c2nc(NCc3ccc(Cl)cc3)c3ccccc3n2)cc(OC)c1OC. The summed E-state index contributed by atoms with van der Waals surface area (Å²) in [6.07, 6.45) is 0. The summed E-state index contributed by atoms with van der Waals surface area (Å²) in [5.74, 6) is 2.91. The van der Waals surface area contributed by atoms with Crippen molar-refractivity contribution in [2.45, 2.75) is 6.54 Å². The van der Waals surface area contributed by atoms with Gasteiger partial charge in [-0.15, -0.1) is 0 Å². The molecule has 0 bridgehead atoms. The summed E-state index contributed by atoms with van der Waals surface area (Å²) in [6, 6.07) is 19.3. The molecule has 4 aromatic rings. The Labute approximate surface area is 185 Å². The number of nitrogens with zero attached hydrogens (tertiary/aromatic N) is 2. The first-order valence-electron chi connectivity index (χ1n) is 9.68. The van der Waals surface area contributed by atoms with Crippen molar-refractivity contribution in [1.29, 1.82) is 0 Å². The first-order chi connectivity index (χ1) is 15.1. The second-order valence-corrected chi connectivity index (χ2v) is 7.24. The third-order valence-electron chi connectivity index (χ3n) is 4.90. The molecule has 4 rings (SSSR count). The van der Waals surface area contributed by atoms with Crippen molar-refractivity contribution in [3.05, 3.63) is 71.2 Å². The van der Waals surface area contributed by atoms with Crippen LogP contribution in [0.1, 0.15) is 5.56 Å². The maximum absolute atomic E-state index is 6.00. The molecule has 31 heavy (non-hydrogen) atoms. The lowest BCUT2D eigenvalue weighted by Crippen LogP contribution is -2.04. The van der Waals surface area contributed by atoms with Gasteiger partial charge < -0.3 is 19.5 Å². The van der Waals surface area contributed by atoms with Crippen molar-refractivity contribution in [1.82, 2.24) is 9.97 Å². The molecule has 7 heteroatoms. The zero-order valence-corrected chi connectivity index (χ0v) is 18.2. The van der Waals surface area contributed by atoms with Gasteiger partial charge in [0.05, 0.1) is 26.8 Å². The third kappa shape index (κ3) is 4.34. The molecule has 0 aliphatic rings. The van der Waals surface area contributed by atoms with Crippen LogP contribution in [0.25, 0.3) is 22.3 Å². The molecule has 158 valence electrons. The van der Waals surface area contributed by atoms with Gasteiger partial charge in [0.2, 0.25) is 5.75 Å². The van der Waals surface area contributed by atoms with E-state index in [1.54, 1.807) is 21.3 Å². The lowest BCUT2D eigenvalue weighted by molar-refractivity contribution is 0.324. The van der Waals surface area contributed by atoms with Gasteiger partial charge >= 0.3 is 0 Å². The average molecular weight is 436 g/mol. The Morgan fingerprint density at radius 1 is 0.839 bits per heavy atom. The molecule has 0 aliphatic heterocycles. The van der Waals surface area contributed by atoms with Gasteiger partial charge in [0.25, 0.3) is 0 Å². The van der Waals surface area contributed by atoms with E-state index in [1.165, 1.54) is 0 Å². The van der Waals surface area contributed by atoms with Crippen LogP contribution in [0, 0.1) is 0 Å². The first-order valence-corrected chi connectivity index (χ1v) is 10.1. The number of hydrogen-bond donors (Lipinski definition) is 1. The Bertz CT molecular complexity index is 1190. The van der Waals surface area contributed by atoms with Gasteiger partial charge in [-0.3, -0.25) is 0 Å². The molecule has 1 heterocycles. The van der Waals surface area contributed by atoms with Crippen LogP contribution in [0.3, 0.4) is 0 Å². The van der Waals surface area contributed by atoms with Crippen LogP contribution in [-0.4, -0.2) is 31.3 Å². The molecule has 0 unspecified atom stereocenters. The zero-order chi connectivity index (χ0) is 21.8. The molecule has 0 amide bonds. The summed E-state index contributed by atoms with van der Waals surface area (Å²) >= 11 is 6.00. The molecule has 3 aromatic carbocycles. The Hall–Kier alpha value is -3.51. The number of ether oxygens (including phenoxy) is 3. The zero-order valence-electron chi connectivity index (χ0n) is 17.5. The standard InChI is InChI=1S/C24H22ClN3O3/c1-29-20-12-16(13-21(30-2)22(20)31-3)23-27-19-7-5-4-6-18(19)24(28-23)26-14-15-8-10-17(25)11-9-15/h4-13H,14H2,1-3H3,(H,26,27,28). The maximum atomic E-state index is 6.00. The summed E-state index contributed by atoms with van der Waals surface area (Å²) in [7, 11) is 4.74. The molecule has 0 spiro atoms. The predicted molar refractivity (Wildman–Crippen MR) is 123 cm³/mol. The molecular formula is C24H22ClN3O3. The number of fused-ring (bicyclic) bond motifs is 1. The normalized spacial score (nSPS) is 10.7. The highest BCUT2D eigenvalue weighted by Crippen LogP contribution is 2.41. The highest BCUT2D eigenvalue weighted by molar-refractivity contribution is 6.30. The first kappa shape index (κ1) is 20.8. The minimum absolute atomic E-state index is 0.524. The summed E-state index contributed by atoms with van der Waals surface area (Å²) < 4.78 is 16.4. The molecule has 0 atom stereocenters. The van der Waals surface area contributed by atoms with Gasteiger partial charge in [-0.1, -0.05) is 35.9 Å². The smallest absolute Gasteiger partial charge is 0.203 e. The van der Waals surface area contributed by atoms with Crippen molar-refractivity contribution in [3.63, 3.8) is 0 Å². The number of anilines is 1. The fourth-order valence-electron chi connectivity index (χ4n) is 3.34. The third-order valence-corrected chi connectivity index (χ3v) is 5.15. The number of halogens is 1. The fourth-order valence-corrected chi connectivity index (χ4v) is 3.46. The van der Waals surface area contributed by atoms with E-state index in [2.05, 4.69) is 5.32 Å². The monoisotopic (exact) mass is 435 g/mol. The van der Waals surface area contributed by atoms with Crippen molar-refractivity contribution in [3.8, 4) is 28.6 Å². The Morgan fingerprint density at radius 2 is 1.52 bits per heavy atom. The Morgan fingerprint density at radius 3 is 2.16 bits per heavy atom. The molecule has 0 saturated heterocycles. The number of methoxy groups -OCH3 is 3. The summed E-state index contributed by atoms with van der Waals surface area (Å²) in [6.45, 7) is 0.604. The van der Waals surface area contributed by atoms with E-state index in [-0.39, 0.29) is 0 Å². The van der Waals surface area contributed by atoms with Gasteiger partial charge in [-0.25, -0.2) is 9.97 Å². The van der Waals surface area contributed by atoms with Gasteiger partial charge in [-0.2, -0.15) is 0 Å². The van der Waals surface area contributed by atoms with Crippen LogP contribution in [-0.2, 0) is 6.54 Å². The fraction of sp³-hybridized carbons (Fsp3) is 0.167. The number of nitrogens with one attached hydrogen (secondary N) is 1. The summed E-state index contributed by atoms with van der Waals surface area (Å²) in [4.78, 5) is 9.57. The predicted octanol–water partition coefficient (Wildman–Crippen LogP) is 5.59. The largest absolute Gasteiger partial charge is 0.493 e. The maximum Gasteiger partial charge on any atom is 0.203 e. The minimum Gasteiger partial charge on any atom is -0.493 e. The molecular weight excluding hydrogens is 414 g/mol. The lowest BCUT2D eigenvalue weighted by atomic mass is 10.1. The molecule has 0 fully saturated rings. The van der Waals surface area contributed by atoms with Crippen LogP contribution < -0.4 is 19.5 Å². The van der Waals surface area contributed by atoms with Gasteiger partial charge in [-0.05, 0) is 42.0 Å². The quantitative estimate of drug-likeness (QED) is 0.408. The number of benzene rings is 3. The molecule has 0 radical (unpaired) electrons. The van der Waals surface area contributed by atoms with Gasteiger partial charge in [0, 0.05) is 22.5 Å². The van der Waals surface area contributed by atoms with E-state index in [0.717, 1.165) is 27.8 Å². The highest BCUT2D eigenvalue weighted by atomic mass is 35.5. The molecule has 6 nitrogen and oxygen atoms in total. The minimum atomic E-state index is 0.524. The topological polar surface area (TPSA) is 65.5 Å². The lowest BCUT2D eigenvalue weighted by Gasteiger charge is -2.15. The van der Waals surface area contributed by atoms with Gasteiger partial charge in [0.15, 0.2) is 17.3 Å². The van der Waals surface area contributed by atoms with E-state index >= 15 is 0 Å².